The Morgan fingerprint density at radius 3 is 3.08 bits per heavy atom. The Morgan fingerprint density at radius 1 is 1.62 bits per heavy atom. The second-order valence-electron chi connectivity index (χ2n) is 3.56. The van der Waals surface area contributed by atoms with E-state index in [1.807, 2.05) is 13.2 Å². The summed E-state index contributed by atoms with van der Waals surface area (Å²) in [6.07, 6.45) is 3.17. The molecule has 13 heavy (non-hydrogen) atoms. The number of nitrogens with one attached hydrogen (secondary N) is 1. The van der Waals surface area contributed by atoms with Gasteiger partial charge in [-0.3, -0.25) is 4.98 Å². The molecule has 0 aliphatic heterocycles. The molecule has 1 aliphatic rings. The summed E-state index contributed by atoms with van der Waals surface area (Å²) in [4.78, 5) is 4.40. The first-order chi connectivity index (χ1) is 6.31. The highest BCUT2D eigenvalue weighted by molar-refractivity contribution is 9.10. The van der Waals surface area contributed by atoms with E-state index in [2.05, 4.69) is 38.4 Å². The molecule has 0 spiro atoms. The van der Waals surface area contributed by atoms with E-state index < -0.39 is 0 Å². The van der Waals surface area contributed by atoms with Crippen LogP contribution in [0.25, 0.3) is 0 Å². The van der Waals surface area contributed by atoms with E-state index >= 15 is 0 Å². The fraction of sp³-hybridized carbons (Fsp3) is 0.500. The molecule has 1 fully saturated rings. The van der Waals surface area contributed by atoms with Gasteiger partial charge in [-0.1, -0.05) is 0 Å². The summed E-state index contributed by atoms with van der Waals surface area (Å²) in [5, 5.41) is 3.20. The van der Waals surface area contributed by atoms with Crippen LogP contribution >= 0.6 is 15.9 Å². The fourth-order valence-corrected chi connectivity index (χ4v) is 1.94. The zero-order chi connectivity index (χ0) is 9.26. The Morgan fingerprint density at radius 2 is 2.46 bits per heavy atom. The number of aromatic nitrogens is 1. The smallest absolute Gasteiger partial charge is 0.0438 e. The molecule has 2 rings (SSSR count). The highest BCUT2D eigenvalue weighted by Crippen LogP contribution is 2.46. The van der Waals surface area contributed by atoms with Crippen LogP contribution in [0.3, 0.4) is 0 Å². The standard InChI is InChI=1S/C10H13BrN2/c1-12-5-7-4-9(7)10-3-2-8(11)6-13-10/h2-3,6-7,9,12H,4-5H2,1H3. The summed E-state index contributed by atoms with van der Waals surface area (Å²) in [5.41, 5.74) is 1.24. The molecule has 2 nitrogen and oxygen atoms in total. The zero-order valence-electron chi connectivity index (χ0n) is 7.63. The number of halogens is 1. The lowest BCUT2D eigenvalue weighted by Gasteiger charge is -1.99. The van der Waals surface area contributed by atoms with Crippen molar-refractivity contribution in [1.29, 1.82) is 0 Å². The minimum absolute atomic E-state index is 0.695. The van der Waals surface area contributed by atoms with Crippen molar-refractivity contribution in [1.82, 2.24) is 10.3 Å². The van der Waals surface area contributed by atoms with Gasteiger partial charge in [-0.2, -0.15) is 0 Å². The molecule has 0 amide bonds. The summed E-state index contributed by atoms with van der Waals surface area (Å²) in [6.45, 7) is 1.11. The first kappa shape index (κ1) is 9.16. The van der Waals surface area contributed by atoms with Gasteiger partial charge >= 0.3 is 0 Å². The number of hydrogen-bond acceptors (Lipinski definition) is 2. The normalized spacial score (nSPS) is 26.0. The first-order valence-corrected chi connectivity index (χ1v) is 5.36. The van der Waals surface area contributed by atoms with Crippen LogP contribution in [0.5, 0.6) is 0 Å². The molecule has 70 valence electrons. The Balaban J connectivity index is 2.00. The lowest BCUT2D eigenvalue weighted by atomic mass is 10.2. The Bertz CT molecular complexity index is 283. The van der Waals surface area contributed by atoms with Crippen LogP contribution in [0.4, 0.5) is 0 Å². The average Bonchev–Trinajstić information content (AvgIpc) is 2.86. The molecular formula is C10H13BrN2. The number of pyridine rings is 1. The molecule has 1 aromatic heterocycles. The van der Waals surface area contributed by atoms with E-state index in [1.54, 1.807) is 0 Å². The predicted octanol–water partition coefficient (Wildman–Crippen LogP) is 2.17. The minimum atomic E-state index is 0.695. The van der Waals surface area contributed by atoms with Gasteiger partial charge in [0.15, 0.2) is 0 Å². The van der Waals surface area contributed by atoms with Crippen LogP contribution in [0.1, 0.15) is 18.0 Å². The van der Waals surface area contributed by atoms with Gasteiger partial charge in [0, 0.05) is 22.3 Å². The van der Waals surface area contributed by atoms with E-state index in [0.29, 0.717) is 5.92 Å². The number of rotatable bonds is 3. The Kier molecular flexibility index (Phi) is 2.65. The van der Waals surface area contributed by atoms with E-state index in [1.165, 1.54) is 12.1 Å². The van der Waals surface area contributed by atoms with Crippen LogP contribution in [0.2, 0.25) is 0 Å². The minimum Gasteiger partial charge on any atom is -0.319 e. The lowest BCUT2D eigenvalue weighted by molar-refractivity contribution is 0.693. The molecule has 0 bridgehead atoms. The molecule has 1 heterocycles. The second kappa shape index (κ2) is 3.76. The van der Waals surface area contributed by atoms with Gasteiger partial charge in [-0.15, -0.1) is 0 Å². The van der Waals surface area contributed by atoms with Gasteiger partial charge in [-0.25, -0.2) is 0 Å². The average molecular weight is 241 g/mol. The third-order valence-corrected chi connectivity index (χ3v) is 2.99. The molecule has 0 radical (unpaired) electrons. The largest absolute Gasteiger partial charge is 0.319 e. The number of nitrogens with zero attached hydrogens (tertiary/aromatic N) is 1. The van der Waals surface area contributed by atoms with E-state index in [0.717, 1.165) is 16.9 Å². The molecule has 1 aliphatic carbocycles. The Hall–Kier alpha value is -0.410. The summed E-state index contributed by atoms with van der Waals surface area (Å²) < 4.78 is 1.06. The SMILES string of the molecule is CNCC1CC1c1ccc(Br)cn1. The molecule has 2 unspecified atom stereocenters. The summed E-state index contributed by atoms with van der Waals surface area (Å²) >= 11 is 3.39. The summed E-state index contributed by atoms with van der Waals surface area (Å²) in [6, 6.07) is 4.18. The fourth-order valence-electron chi connectivity index (χ4n) is 1.70. The van der Waals surface area contributed by atoms with Crippen LogP contribution < -0.4 is 5.32 Å². The zero-order valence-corrected chi connectivity index (χ0v) is 9.21. The van der Waals surface area contributed by atoms with Gasteiger partial charge in [0.05, 0.1) is 0 Å². The van der Waals surface area contributed by atoms with Crippen molar-refractivity contribution in [2.45, 2.75) is 12.3 Å². The highest BCUT2D eigenvalue weighted by Gasteiger charge is 2.38. The quantitative estimate of drug-likeness (QED) is 0.877. The lowest BCUT2D eigenvalue weighted by Crippen LogP contribution is -2.10. The molecule has 3 heteroatoms. The van der Waals surface area contributed by atoms with Crippen molar-refractivity contribution in [3.8, 4) is 0 Å². The van der Waals surface area contributed by atoms with Crippen LogP contribution in [-0.2, 0) is 0 Å². The van der Waals surface area contributed by atoms with Crippen molar-refractivity contribution in [2.24, 2.45) is 5.92 Å². The molecule has 1 N–H and O–H groups in total. The van der Waals surface area contributed by atoms with E-state index in [9.17, 15) is 0 Å². The van der Waals surface area contributed by atoms with Crippen LogP contribution in [-0.4, -0.2) is 18.6 Å². The van der Waals surface area contributed by atoms with Crippen molar-refractivity contribution < 1.29 is 0 Å². The molecule has 0 aromatic carbocycles. The molecule has 1 saturated carbocycles. The van der Waals surface area contributed by atoms with Crippen molar-refractivity contribution in [3.05, 3.63) is 28.5 Å². The van der Waals surface area contributed by atoms with Gasteiger partial charge in [0.1, 0.15) is 0 Å². The summed E-state index contributed by atoms with van der Waals surface area (Å²) in [5.74, 6) is 1.50. The van der Waals surface area contributed by atoms with Gasteiger partial charge in [0.2, 0.25) is 0 Å². The van der Waals surface area contributed by atoms with E-state index in [4.69, 9.17) is 0 Å². The molecule has 1 aromatic rings. The van der Waals surface area contributed by atoms with Crippen molar-refractivity contribution >= 4 is 15.9 Å². The number of hydrogen-bond donors (Lipinski definition) is 1. The predicted molar refractivity (Wildman–Crippen MR) is 56.7 cm³/mol. The third kappa shape index (κ3) is 2.09. The second-order valence-corrected chi connectivity index (χ2v) is 4.48. The van der Waals surface area contributed by atoms with Gasteiger partial charge < -0.3 is 5.32 Å². The maximum Gasteiger partial charge on any atom is 0.0438 e. The van der Waals surface area contributed by atoms with E-state index in [-0.39, 0.29) is 0 Å². The van der Waals surface area contributed by atoms with Crippen molar-refractivity contribution in [3.63, 3.8) is 0 Å². The highest BCUT2D eigenvalue weighted by atomic mass is 79.9. The topological polar surface area (TPSA) is 24.9 Å². The van der Waals surface area contributed by atoms with Crippen LogP contribution in [0, 0.1) is 5.92 Å². The van der Waals surface area contributed by atoms with Crippen molar-refractivity contribution in [2.75, 3.05) is 13.6 Å². The van der Waals surface area contributed by atoms with Crippen LogP contribution in [0.15, 0.2) is 22.8 Å². The maximum absolute atomic E-state index is 4.40. The first-order valence-electron chi connectivity index (χ1n) is 4.57. The molecule has 2 atom stereocenters. The monoisotopic (exact) mass is 240 g/mol. The maximum atomic E-state index is 4.40. The van der Waals surface area contributed by atoms with Gasteiger partial charge in [-0.05, 0) is 54.0 Å². The third-order valence-electron chi connectivity index (χ3n) is 2.52. The molecular weight excluding hydrogens is 228 g/mol. The Labute approximate surface area is 86.9 Å². The summed E-state index contributed by atoms with van der Waals surface area (Å²) in [7, 11) is 2.00. The van der Waals surface area contributed by atoms with Gasteiger partial charge in [0.25, 0.3) is 0 Å². The molecule has 0 saturated heterocycles.